The Labute approximate surface area is 104 Å². The second-order valence-electron chi connectivity index (χ2n) is 3.89. The first-order valence-corrected chi connectivity index (χ1v) is 5.68. The van der Waals surface area contributed by atoms with Crippen molar-refractivity contribution in [2.24, 2.45) is 5.92 Å². The van der Waals surface area contributed by atoms with Crippen LogP contribution >= 0.6 is 0 Å². The first kappa shape index (κ1) is 13.9. The van der Waals surface area contributed by atoms with Gasteiger partial charge in [0.2, 0.25) is 0 Å². The number of aliphatic carboxylic acids is 1. The third-order valence-electron chi connectivity index (χ3n) is 2.40. The van der Waals surface area contributed by atoms with E-state index in [1.807, 2.05) is 0 Å². The fourth-order valence-electron chi connectivity index (χ4n) is 1.23. The highest BCUT2D eigenvalue weighted by atomic mass is 16.4. The number of carbonyl (C=O) groups is 2. The largest absolute Gasteiger partial charge is 0.481 e. The first-order chi connectivity index (χ1) is 8.59. The summed E-state index contributed by atoms with van der Waals surface area (Å²) in [5.74, 6) is -0.614. The second kappa shape index (κ2) is 7.25. The molecule has 0 radical (unpaired) electrons. The number of nitrogens with one attached hydrogen (secondary N) is 3. The van der Waals surface area contributed by atoms with Crippen LogP contribution in [0.2, 0.25) is 0 Å². The van der Waals surface area contributed by atoms with Crippen LogP contribution in [0.25, 0.3) is 0 Å². The molecule has 18 heavy (non-hydrogen) atoms. The van der Waals surface area contributed by atoms with Crippen molar-refractivity contribution in [1.29, 1.82) is 0 Å². The maximum atomic E-state index is 11.3. The Balaban J connectivity index is 2.05. The molecule has 1 atom stereocenters. The number of aromatic amines is 1. The van der Waals surface area contributed by atoms with E-state index >= 15 is 0 Å². The lowest BCUT2D eigenvalue weighted by molar-refractivity contribution is -0.141. The van der Waals surface area contributed by atoms with Crippen molar-refractivity contribution in [2.75, 3.05) is 13.1 Å². The number of carbonyl (C=O) groups excluding carboxylic acids is 1. The molecular formula is C10H17N5O3. The van der Waals surface area contributed by atoms with Crippen molar-refractivity contribution in [3.8, 4) is 0 Å². The summed E-state index contributed by atoms with van der Waals surface area (Å²) in [5.41, 5.74) is 0. The lowest BCUT2D eigenvalue weighted by Crippen LogP contribution is -2.37. The van der Waals surface area contributed by atoms with Crippen LogP contribution in [0.15, 0.2) is 6.33 Å². The molecule has 0 spiro atoms. The molecule has 2 amide bonds. The van der Waals surface area contributed by atoms with Gasteiger partial charge in [-0.05, 0) is 6.42 Å². The molecule has 0 aliphatic heterocycles. The Bertz CT molecular complexity index is 379. The average Bonchev–Trinajstić information content (AvgIpc) is 2.81. The number of hydrogen-bond donors (Lipinski definition) is 4. The normalized spacial score (nSPS) is 11.8. The predicted molar refractivity (Wildman–Crippen MR) is 62.9 cm³/mol. The fraction of sp³-hybridized carbons (Fsp3) is 0.600. The SMILES string of the molecule is CC(CCNC(=O)NCCc1ncn[nH]1)C(=O)O. The van der Waals surface area contributed by atoms with E-state index in [-0.39, 0.29) is 6.03 Å². The minimum Gasteiger partial charge on any atom is -0.481 e. The van der Waals surface area contributed by atoms with E-state index in [9.17, 15) is 9.59 Å². The molecule has 1 heterocycles. The van der Waals surface area contributed by atoms with E-state index in [0.717, 1.165) is 0 Å². The van der Waals surface area contributed by atoms with E-state index in [1.165, 1.54) is 6.33 Å². The Kier molecular flexibility index (Phi) is 5.62. The summed E-state index contributed by atoms with van der Waals surface area (Å²) in [6, 6.07) is -0.313. The molecule has 8 heteroatoms. The van der Waals surface area contributed by atoms with Crippen LogP contribution in [0.3, 0.4) is 0 Å². The molecule has 0 saturated heterocycles. The molecule has 4 N–H and O–H groups in total. The molecule has 8 nitrogen and oxygen atoms in total. The zero-order valence-electron chi connectivity index (χ0n) is 10.1. The van der Waals surface area contributed by atoms with Gasteiger partial charge in [0, 0.05) is 19.5 Å². The summed E-state index contributed by atoms with van der Waals surface area (Å²) in [7, 11) is 0. The Hall–Kier alpha value is -2.12. The molecular weight excluding hydrogens is 238 g/mol. The maximum absolute atomic E-state index is 11.3. The molecule has 1 aromatic rings. The molecule has 0 aliphatic rings. The number of carboxylic acid groups (broad SMARTS) is 1. The average molecular weight is 255 g/mol. The second-order valence-corrected chi connectivity index (χ2v) is 3.89. The van der Waals surface area contributed by atoms with Crippen LogP contribution in [-0.4, -0.2) is 45.4 Å². The van der Waals surface area contributed by atoms with Crippen molar-refractivity contribution >= 4 is 12.0 Å². The number of amides is 2. The number of H-pyrrole nitrogens is 1. The standard InChI is InChI=1S/C10H17N5O3/c1-7(9(16)17)2-4-11-10(18)12-5-3-8-13-6-14-15-8/h6-7H,2-5H2,1H3,(H,16,17)(H2,11,12,18)(H,13,14,15). The highest BCUT2D eigenvalue weighted by Gasteiger charge is 2.10. The summed E-state index contributed by atoms with van der Waals surface area (Å²) in [6.45, 7) is 2.38. The number of urea groups is 1. The monoisotopic (exact) mass is 255 g/mol. The lowest BCUT2D eigenvalue weighted by Gasteiger charge is -2.08. The van der Waals surface area contributed by atoms with Crippen LogP contribution in [0, 0.1) is 5.92 Å². The lowest BCUT2D eigenvalue weighted by atomic mass is 10.1. The summed E-state index contributed by atoms with van der Waals surface area (Å²) in [5, 5.41) is 20.2. The van der Waals surface area contributed by atoms with Gasteiger partial charge in [-0.3, -0.25) is 9.89 Å². The van der Waals surface area contributed by atoms with Crippen LogP contribution in [0.4, 0.5) is 4.79 Å². The van der Waals surface area contributed by atoms with Crippen molar-refractivity contribution in [1.82, 2.24) is 25.8 Å². The van der Waals surface area contributed by atoms with Crippen LogP contribution in [0.1, 0.15) is 19.2 Å². The highest BCUT2D eigenvalue weighted by Crippen LogP contribution is 1.99. The van der Waals surface area contributed by atoms with Gasteiger partial charge in [0.25, 0.3) is 0 Å². The summed E-state index contributed by atoms with van der Waals surface area (Å²) in [4.78, 5) is 25.8. The summed E-state index contributed by atoms with van der Waals surface area (Å²) in [6.07, 6.45) is 2.38. The minimum atomic E-state index is -0.859. The van der Waals surface area contributed by atoms with Gasteiger partial charge in [-0.2, -0.15) is 5.10 Å². The Morgan fingerprint density at radius 1 is 1.44 bits per heavy atom. The number of rotatable bonds is 7. The summed E-state index contributed by atoms with van der Waals surface area (Å²) >= 11 is 0. The third-order valence-corrected chi connectivity index (χ3v) is 2.40. The number of nitrogens with zero attached hydrogens (tertiary/aromatic N) is 2. The van der Waals surface area contributed by atoms with Crippen LogP contribution in [-0.2, 0) is 11.2 Å². The van der Waals surface area contributed by atoms with E-state index in [2.05, 4.69) is 25.8 Å². The Morgan fingerprint density at radius 2 is 2.17 bits per heavy atom. The van der Waals surface area contributed by atoms with Gasteiger partial charge in [0.15, 0.2) is 0 Å². The van der Waals surface area contributed by atoms with Gasteiger partial charge in [0.05, 0.1) is 5.92 Å². The van der Waals surface area contributed by atoms with Crippen molar-refractivity contribution < 1.29 is 14.7 Å². The van der Waals surface area contributed by atoms with E-state index in [4.69, 9.17) is 5.11 Å². The van der Waals surface area contributed by atoms with E-state index in [0.29, 0.717) is 31.8 Å². The van der Waals surface area contributed by atoms with Crippen molar-refractivity contribution in [3.05, 3.63) is 12.2 Å². The first-order valence-electron chi connectivity index (χ1n) is 5.68. The molecule has 1 rings (SSSR count). The quantitative estimate of drug-likeness (QED) is 0.536. The van der Waals surface area contributed by atoms with E-state index in [1.54, 1.807) is 6.92 Å². The van der Waals surface area contributed by atoms with Gasteiger partial charge >= 0.3 is 12.0 Å². The van der Waals surface area contributed by atoms with Gasteiger partial charge in [0.1, 0.15) is 12.2 Å². The molecule has 0 aliphatic carbocycles. The Morgan fingerprint density at radius 3 is 2.78 bits per heavy atom. The van der Waals surface area contributed by atoms with Gasteiger partial charge in [-0.25, -0.2) is 9.78 Å². The zero-order chi connectivity index (χ0) is 13.4. The zero-order valence-corrected chi connectivity index (χ0v) is 10.1. The highest BCUT2D eigenvalue weighted by molar-refractivity contribution is 5.74. The number of carboxylic acids is 1. The fourth-order valence-corrected chi connectivity index (χ4v) is 1.23. The number of hydrogen-bond acceptors (Lipinski definition) is 4. The van der Waals surface area contributed by atoms with Gasteiger partial charge < -0.3 is 15.7 Å². The maximum Gasteiger partial charge on any atom is 0.314 e. The minimum absolute atomic E-state index is 0.313. The predicted octanol–water partition coefficient (Wildman–Crippen LogP) is -0.243. The van der Waals surface area contributed by atoms with Crippen molar-refractivity contribution in [3.63, 3.8) is 0 Å². The molecule has 0 aromatic carbocycles. The molecule has 0 bridgehead atoms. The molecule has 100 valence electrons. The molecule has 0 fully saturated rings. The molecule has 1 unspecified atom stereocenters. The smallest absolute Gasteiger partial charge is 0.314 e. The van der Waals surface area contributed by atoms with Gasteiger partial charge in [-0.15, -0.1) is 0 Å². The topological polar surface area (TPSA) is 120 Å². The number of aromatic nitrogens is 3. The van der Waals surface area contributed by atoms with Crippen molar-refractivity contribution in [2.45, 2.75) is 19.8 Å². The summed E-state index contributed by atoms with van der Waals surface area (Å²) < 4.78 is 0. The van der Waals surface area contributed by atoms with Crippen LogP contribution in [0.5, 0.6) is 0 Å². The van der Waals surface area contributed by atoms with Crippen LogP contribution < -0.4 is 10.6 Å². The molecule has 1 aromatic heterocycles. The molecule has 0 saturated carbocycles. The van der Waals surface area contributed by atoms with Gasteiger partial charge in [-0.1, -0.05) is 6.92 Å². The third kappa shape index (κ3) is 5.28. The van der Waals surface area contributed by atoms with E-state index < -0.39 is 11.9 Å².